The van der Waals surface area contributed by atoms with Crippen molar-refractivity contribution in [2.45, 2.75) is 20.8 Å². The Hall–Kier alpha value is -3.26. The second-order valence-electron chi connectivity index (χ2n) is 6.52. The normalized spacial score (nSPS) is 12.1. The zero-order valence-electron chi connectivity index (χ0n) is 17.3. The van der Waals surface area contributed by atoms with E-state index in [0.717, 1.165) is 39.5 Å². The van der Waals surface area contributed by atoms with Gasteiger partial charge in [0.15, 0.2) is 0 Å². The van der Waals surface area contributed by atoms with Crippen LogP contribution in [0.2, 0.25) is 0 Å². The maximum absolute atomic E-state index is 5.24. The molecule has 2 nitrogen and oxygen atoms in total. The van der Waals surface area contributed by atoms with Gasteiger partial charge in [0.25, 0.3) is 0 Å². The molecule has 0 N–H and O–H groups in total. The van der Waals surface area contributed by atoms with Crippen LogP contribution in [0.25, 0.3) is 11.1 Å². The van der Waals surface area contributed by atoms with Gasteiger partial charge < -0.3 is 9.64 Å². The lowest BCUT2D eigenvalue weighted by Crippen LogP contribution is -2.18. The lowest BCUT2D eigenvalue weighted by Gasteiger charge is -2.26. The minimum absolute atomic E-state index is 0.859. The van der Waals surface area contributed by atoms with Crippen molar-refractivity contribution in [1.82, 2.24) is 0 Å². The Labute approximate surface area is 169 Å². The summed E-state index contributed by atoms with van der Waals surface area (Å²) in [6.07, 6.45) is 10.0. The molecular weight excluding hydrogens is 342 g/mol. The summed E-state index contributed by atoms with van der Waals surface area (Å²) in [4.78, 5) is 2.14. The van der Waals surface area contributed by atoms with Crippen LogP contribution < -0.4 is 9.64 Å². The largest absolute Gasteiger partial charge is 0.497 e. The van der Waals surface area contributed by atoms with Crippen LogP contribution in [0.15, 0.2) is 109 Å². The Morgan fingerprint density at radius 2 is 1.50 bits per heavy atom. The molecule has 0 atom stereocenters. The lowest BCUT2D eigenvalue weighted by molar-refractivity contribution is 0.415. The maximum Gasteiger partial charge on any atom is 0.118 e. The number of nitrogens with zero attached hydrogens (tertiary/aromatic N) is 1. The average Bonchev–Trinajstić information content (AvgIpc) is 2.73. The molecule has 28 heavy (non-hydrogen) atoms. The van der Waals surface area contributed by atoms with E-state index in [4.69, 9.17) is 4.74 Å². The first-order valence-corrected chi connectivity index (χ1v) is 9.34. The van der Waals surface area contributed by atoms with Crippen molar-refractivity contribution < 1.29 is 4.74 Å². The third-order valence-electron chi connectivity index (χ3n) is 4.46. The van der Waals surface area contributed by atoms with Crippen LogP contribution in [0.5, 0.6) is 5.75 Å². The fourth-order valence-corrected chi connectivity index (χ4v) is 2.84. The van der Waals surface area contributed by atoms with Gasteiger partial charge in [-0.3, -0.25) is 0 Å². The van der Waals surface area contributed by atoms with E-state index in [1.54, 1.807) is 7.11 Å². The number of benzene rings is 2. The Kier molecular flexibility index (Phi) is 7.65. The SMILES string of the molecule is C=C/C(C)=C\C=C(/C)N(C(=C)/C=C\C)c1ccc(-c2ccc(OC)cc2)cc1. The monoisotopic (exact) mass is 371 g/mol. The average molecular weight is 372 g/mol. The number of rotatable bonds is 8. The third-order valence-corrected chi connectivity index (χ3v) is 4.46. The molecule has 0 aliphatic carbocycles. The molecular formula is C26H29NO. The molecule has 0 amide bonds. The van der Waals surface area contributed by atoms with Gasteiger partial charge in [-0.25, -0.2) is 0 Å². The summed E-state index contributed by atoms with van der Waals surface area (Å²) in [6.45, 7) is 14.2. The van der Waals surface area contributed by atoms with Gasteiger partial charge in [-0.2, -0.15) is 0 Å². The van der Waals surface area contributed by atoms with E-state index in [0.29, 0.717) is 0 Å². The molecule has 0 saturated carbocycles. The molecule has 0 aliphatic heterocycles. The van der Waals surface area contributed by atoms with Crippen LogP contribution in [0, 0.1) is 0 Å². The fraction of sp³-hybridized carbons (Fsp3) is 0.154. The van der Waals surface area contributed by atoms with Crippen molar-refractivity contribution in [2.75, 3.05) is 12.0 Å². The van der Waals surface area contributed by atoms with Crippen molar-refractivity contribution in [3.63, 3.8) is 0 Å². The highest BCUT2D eigenvalue weighted by atomic mass is 16.5. The molecule has 0 spiro atoms. The Balaban J connectivity index is 2.37. The van der Waals surface area contributed by atoms with Crippen LogP contribution in [-0.2, 0) is 0 Å². The topological polar surface area (TPSA) is 12.5 Å². The van der Waals surface area contributed by atoms with Gasteiger partial charge in [0, 0.05) is 17.1 Å². The van der Waals surface area contributed by atoms with Crippen molar-refractivity contribution in [3.05, 3.63) is 109 Å². The van der Waals surface area contributed by atoms with Gasteiger partial charge in [0.05, 0.1) is 7.11 Å². The van der Waals surface area contributed by atoms with Crippen LogP contribution in [0.1, 0.15) is 20.8 Å². The molecule has 2 aromatic rings. The Bertz CT molecular complexity index is 896. The molecule has 0 unspecified atom stereocenters. The zero-order valence-corrected chi connectivity index (χ0v) is 17.3. The van der Waals surface area contributed by atoms with Crippen molar-refractivity contribution in [2.24, 2.45) is 0 Å². The van der Waals surface area contributed by atoms with E-state index >= 15 is 0 Å². The molecule has 0 radical (unpaired) electrons. The van der Waals surface area contributed by atoms with Gasteiger partial charge in [0.1, 0.15) is 5.75 Å². The minimum atomic E-state index is 0.859. The van der Waals surface area contributed by atoms with Crippen LogP contribution in [0.4, 0.5) is 5.69 Å². The summed E-state index contributed by atoms with van der Waals surface area (Å²) < 4.78 is 5.24. The summed E-state index contributed by atoms with van der Waals surface area (Å²) >= 11 is 0. The van der Waals surface area contributed by atoms with Gasteiger partial charge in [-0.15, -0.1) is 0 Å². The van der Waals surface area contributed by atoms with Gasteiger partial charge in [-0.1, -0.05) is 61.2 Å². The van der Waals surface area contributed by atoms with Crippen molar-refractivity contribution >= 4 is 5.69 Å². The van der Waals surface area contributed by atoms with Crippen LogP contribution in [-0.4, -0.2) is 7.11 Å². The summed E-state index contributed by atoms with van der Waals surface area (Å²) in [5.41, 5.74) is 6.50. The molecule has 0 heterocycles. The van der Waals surface area contributed by atoms with E-state index in [-0.39, 0.29) is 0 Å². The molecule has 0 aromatic heterocycles. The van der Waals surface area contributed by atoms with Crippen molar-refractivity contribution in [1.29, 1.82) is 0 Å². The maximum atomic E-state index is 5.24. The summed E-state index contributed by atoms with van der Waals surface area (Å²) in [7, 11) is 1.68. The van der Waals surface area contributed by atoms with E-state index in [1.165, 1.54) is 0 Å². The summed E-state index contributed by atoms with van der Waals surface area (Å²) in [5, 5.41) is 0. The van der Waals surface area contributed by atoms with Crippen molar-refractivity contribution in [3.8, 4) is 16.9 Å². The van der Waals surface area contributed by atoms with Gasteiger partial charge >= 0.3 is 0 Å². The molecule has 0 aliphatic rings. The summed E-state index contributed by atoms with van der Waals surface area (Å²) in [6, 6.07) is 16.6. The number of methoxy groups -OCH3 is 1. The highest BCUT2D eigenvalue weighted by Gasteiger charge is 2.11. The smallest absolute Gasteiger partial charge is 0.118 e. The van der Waals surface area contributed by atoms with E-state index in [9.17, 15) is 0 Å². The second-order valence-corrected chi connectivity index (χ2v) is 6.52. The predicted molar refractivity (Wildman–Crippen MR) is 123 cm³/mol. The Morgan fingerprint density at radius 1 is 0.929 bits per heavy atom. The zero-order chi connectivity index (χ0) is 20.5. The standard InChI is InChI=1S/C26H29NO/c1-7-9-21(4)27(22(5)11-10-20(3)8-2)25-16-12-23(13-17-25)24-14-18-26(28-6)19-15-24/h7-19H,2,4H2,1,3,5-6H3/b9-7-,20-10-,22-11+. The fourth-order valence-electron chi connectivity index (χ4n) is 2.84. The predicted octanol–water partition coefficient (Wildman–Crippen LogP) is 7.29. The molecule has 0 bridgehead atoms. The highest BCUT2D eigenvalue weighted by Crippen LogP contribution is 2.29. The first kappa shape index (κ1) is 21.0. The van der Waals surface area contributed by atoms with Gasteiger partial charge in [-0.05, 0) is 68.3 Å². The molecule has 144 valence electrons. The number of anilines is 1. The number of allylic oxidation sites excluding steroid dienone is 7. The first-order chi connectivity index (χ1) is 13.5. The molecule has 2 rings (SSSR count). The number of ether oxygens (including phenoxy) is 1. The third kappa shape index (κ3) is 5.37. The lowest BCUT2D eigenvalue weighted by atomic mass is 10.0. The Morgan fingerprint density at radius 3 is 2.00 bits per heavy atom. The molecule has 2 heteroatoms. The van der Waals surface area contributed by atoms with Crippen LogP contribution in [0.3, 0.4) is 0 Å². The van der Waals surface area contributed by atoms with E-state index in [1.807, 2.05) is 44.2 Å². The quantitative estimate of drug-likeness (QED) is 0.452. The highest BCUT2D eigenvalue weighted by molar-refractivity contribution is 5.69. The first-order valence-electron chi connectivity index (χ1n) is 9.34. The number of hydrogen-bond donors (Lipinski definition) is 0. The molecule has 2 aromatic carbocycles. The minimum Gasteiger partial charge on any atom is -0.497 e. The van der Waals surface area contributed by atoms with Crippen LogP contribution >= 0.6 is 0 Å². The van der Waals surface area contributed by atoms with Gasteiger partial charge in [0.2, 0.25) is 0 Å². The number of hydrogen-bond acceptors (Lipinski definition) is 2. The van der Waals surface area contributed by atoms with E-state index in [2.05, 4.69) is 73.5 Å². The molecule has 0 fully saturated rings. The van der Waals surface area contributed by atoms with E-state index < -0.39 is 0 Å². The second kappa shape index (κ2) is 10.2. The molecule has 0 saturated heterocycles. The summed E-state index contributed by atoms with van der Waals surface area (Å²) in [5.74, 6) is 0.859.